The first-order valence-corrected chi connectivity index (χ1v) is 7.85. The number of carbonyl (C=O) groups excluding carboxylic acids is 2. The Morgan fingerprint density at radius 2 is 1.52 bits per heavy atom. The Morgan fingerprint density at radius 1 is 0.913 bits per heavy atom. The van der Waals surface area contributed by atoms with Crippen LogP contribution in [0, 0.1) is 0 Å². The number of ether oxygens (including phenoxy) is 1. The molecule has 1 saturated heterocycles. The molecule has 0 radical (unpaired) electrons. The van der Waals surface area contributed by atoms with Crippen molar-refractivity contribution < 1.29 is 14.3 Å². The Labute approximate surface area is 138 Å². The van der Waals surface area contributed by atoms with Crippen LogP contribution in [-0.4, -0.2) is 36.0 Å². The van der Waals surface area contributed by atoms with E-state index in [-0.39, 0.29) is 23.8 Å². The molecule has 0 saturated carbocycles. The molecule has 116 valence electrons. The lowest BCUT2D eigenvalue weighted by molar-refractivity contribution is 0.0558. The summed E-state index contributed by atoms with van der Waals surface area (Å²) < 4.78 is 5.58. The number of rotatable bonds is 2. The zero-order valence-electron chi connectivity index (χ0n) is 12.2. The average Bonchev–Trinajstić information content (AvgIpc) is 3.13. The van der Waals surface area contributed by atoms with Gasteiger partial charge in [0, 0.05) is 10.9 Å². The number of amides is 2. The molecule has 0 aliphatic carbocycles. The van der Waals surface area contributed by atoms with Gasteiger partial charge in [0.25, 0.3) is 11.8 Å². The molecule has 0 N–H and O–H groups in total. The largest absolute Gasteiger partial charge is 0.379 e. The highest BCUT2D eigenvalue weighted by molar-refractivity contribution is 6.30. The lowest BCUT2D eigenvalue weighted by Crippen LogP contribution is -2.43. The molecule has 2 aromatic rings. The lowest BCUT2D eigenvalue weighted by atomic mass is 9.93. The number of hydrogen-bond acceptors (Lipinski definition) is 3. The van der Waals surface area contributed by atoms with E-state index in [4.69, 9.17) is 16.3 Å². The Hall–Kier alpha value is -2.17. The maximum atomic E-state index is 12.7. The minimum absolute atomic E-state index is 0.0329. The van der Waals surface area contributed by atoms with Gasteiger partial charge in [0.1, 0.15) is 0 Å². The molecule has 4 nitrogen and oxygen atoms in total. The van der Waals surface area contributed by atoms with Crippen LogP contribution in [-0.2, 0) is 4.74 Å². The van der Waals surface area contributed by atoms with E-state index in [2.05, 4.69) is 0 Å². The standard InChI is InChI=1S/C18H14ClNO3/c19-12-7-5-11(6-8-12)15-9-23-10-16(15)20-17(21)13-3-1-2-4-14(13)18(20)22/h1-8,15-16H,9-10H2. The molecule has 4 rings (SSSR count). The lowest BCUT2D eigenvalue weighted by Gasteiger charge is -2.26. The Kier molecular flexibility index (Phi) is 3.43. The van der Waals surface area contributed by atoms with E-state index in [1.807, 2.05) is 24.3 Å². The van der Waals surface area contributed by atoms with E-state index < -0.39 is 0 Å². The van der Waals surface area contributed by atoms with Gasteiger partial charge < -0.3 is 4.74 Å². The van der Waals surface area contributed by atoms with Crippen LogP contribution in [0.2, 0.25) is 5.02 Å². The van der Waals surface area contributed by atoms with E-state index in [1.165, 1.54) is 4.90 Å². The second-order valence-corrected chi connectivity index (χ2v) is 6.23. The van der Waals surface area contributed by atoms with Crippen LogP contribution in [0.15, 0.2) is 48.5 Å². The summed E-state index contributed by atoms with van der Waals surface area (Å²) in [6.07, 6.45) is 0. The number of benzene rings is 2. The smallest absolute Gasteiger partial charge is 0.261 e. The van der Waals surface area contributed by atoms with E-state index >= 15 is 0 Å². The monoisotopic (exact) mass is 327 g/mol. The van der Waals surface area contributed by atoms with Crippen molar-refractivity contribution in [2.24, 2.45) is 0 Å². The van der Waals surface area contributed by atoms with Crippen LogP contribution >= 0.6 is 11.6 Å². The molecular weight excluding hydrogens is 314 g/mol. The molecule has 2 atom stereocenters. The van der Waals surface area contributed by atoms with Gasteiger partial charge >= 0.3 is 0 Å². The Morgan fingerprint density at radius 3 is 2.13 bits per heavy atom. The van der Waals surface area contributed by atoms with Crippen molar-refractivity contribution in [3.8, 4) is 0 Å². The van der Waals surface area contributed by atoms with Gasteiger partial charge in [0.05, 0.1) is 30.4 Å². The van der Waals surface area contributed by atoms with E-state index in [1.54, 1.807) is 24.3 Å². The van der Waals surface area contributed by atoms with E-state index in [9.17, 15) is 9.59 Å². The molecule has 2 aliphatic heterocycles. The quantitative estimate of drug-likeness (QED) is 0.796. The Balaban J connectivity index is 1.69. The van der Waals surface area contributed by atoms with Crippen molar-refractivity contribution >= 4 is 23.4 Å². The number of fused-ring (bicyclic) bond motifs is 1. The molecular formula is C18H14ClNO3. The third kappa shape index (κ3) is 2.26. The number of nitrogens with zero attached hydrogens (tertiary/aromatic N) is 1. The van der Waals surface area contributed by atoms with Crippen LogP contribution in [0.3, 0.4) is 0 Å². The first-order valence-electron chi connectivity index (χ1n) is 7.47. The third-order valence-corrected chi connectivity index (χ3v) is 4.76. The fourth-order valence-corrected chi connectivity index (χ4v) is 3.46. The van der Waals surface area contributed by atoms with Crippen molar-refractivity contribution in [1.82, 2.24) is 4.90 Å². The predicted molar refractivity (Wildman–Crippen MR) is 85.7 cm³/mol. The first kappa shape index (κ1) is 14.4. The van der Waals surface area contributed by atoms with E-state index in [0.717, 1.165) is 5.56 Å². The molecule has 2 unspecified atom stereocenters. The van der Waals surface area contributed by atoms with Gasteiger partial charge in [-0.3, -0.25) is 14.5 Å². The molecule has 0 spiro atoms. The first-order chi connectivity index (χ1) is 11.2. The summed E-state index contributed by atoms with van der Waals surface area (Å²) in [4.78, 5) is 26.7. The van der Waals surface area contributed by atoms with Crippen LogP contribution < -0.4 is 0 Å². The van der Waals surface area contributed by atoms with Crippen LogP contribution in [0.25, 0.3) is 0 Å². The predicted octanol–water partition coefficient (Wildman–Crippen LogP) is 3.12. The minimum atomic E-state index is -0.288. The number of imide groups is 1. The number of hydrogen-bond donors (Lipinski definition) is 0. The highest BCUT2D eigenvalue weighted by Crippen LogP contribution is 2.35. The molecule has 0 aromatic heterocycles. The summed E-state index contributed by atoms with van der Waals surface area (Å²) in [5, 5.41) is 0.657. The average molecular weight is 328 g/mol. The summed E-state index contributed by atoms with van der Waals surface area (Å²) >= 11 is 5.94. The second kappa shape index (κ2) is 5.48. The van der Waals surface area contributed by atoms with Crippen LogP contribution in [0.1, 0.15) is 32.2 Å². The Bertz CT molecular complexity index is 752. The molecule has 0 bridgehead atoms. The molecule has 2 aromatic carbocycles. The van der Waals surface area contributed by atoms with Crippen molar-refractivity contribution in [3.63, 3.8) is 0 Å². The number of halogens is 1. The molecule has 2 aliphatic rings. The normalized spacial score (nSPS) is 23.4. The topological polar surface area (TPSA) is 46.6 Å². The van der Waals surface area contributed by atoms with Gasteiger partial charge in [0.2, 0.25) is 0 Å². The summed E-state index contributed by atoms with van der Waals surface area (Å²) in [5.74, 6) is -0.505. The van der Waals surface area contributed by atoms with Gasteiger partial charge in [-0.1, -0.05) is 35.9 Å². The molecule has 2 amide bonds. The highest BCUT2D eigenvalue weighted by atomic mass is 35.5. The van der Waals surface area contributed by atoms with Crippen molar-refractivity contribution in [1.29, 1.82) is 0 Å². The maximum Gasteiger partial charge on any atom is 0.261 e. The van der Waals surface area contributed by atoms with Crippen molar-refractivity contribution in [2.75, 3.05) is 13.2 Å². The molecule has 23 heavy (non-hydrogen) atoms. The van der Waals surface area contributed by atoms with Gasteiger partial charge in [-0.15, -0.1) is 0 Å². The van der Waals surface area contributed by atoms with Crippen molar-refractivity contribution in [2.45, 2.75) is 12.0 Å². The SMILES string of the molecule is O=C1c2ccccc2C(=O)N1C1COCC1c1ccc(Cl)cc1. The fourth-order valence-electron chi connectivity index (χ4n) is 3.33. The second-order valence-electron chi connectivity index (χ2n) is 5.79. The van der Waals surface area contributed by atoms with Crippen LogP contribution in [0.5, 0.6) is 0 Å². The minimum Gasteiger partial charge on any atom is -0.379 e. The maximum absolute atomic E-state index is 12.7. The highest BCUT2D eigenvalue weighted by Gasteiger charge is 2.45. The van der Waals surface area contributed by atoms with Crippen molar-refractivity contribution in [3.05, 3.63) is 70.2 Å². The summed E-state index contributed by atoms with van der Waals surface area (Å²) in [6, 6.07) is 14.1. The number of carbonyl (C=O) groups is 2. The molecule has 1 fully saturated rings. The molecule has 2 heterocycles. The third-order valence-electron chi connectivity index (χ3n) is 4.51. The summed E-state index contributed by atoms with van der Waals surface area (Å²) in [7, 11) is 0. The fraction of sp³-hybridized carbons (Fsp3) is 0.222. The van der Waals surface area contributed by atoms with Gasteiger partial charge in [0.15, 0.2) is 0 Å². The van der Waals surface area contributed by atoms with Crippen LogP contribution in [0.4, 0.5) is 0 Å². The molecule has 5 heteroatoms. The zero-order valence-corrected chi connectivity index (χ0v) is 13.0. The van der Waals surface area contributed by atoms with E-state index in [0.29, 0.717) is 29.4 Å². The summed E-state index contributed by atoms with van der Waals surface area (Å²) in [5.41, 5.74) is 1.96. The van der Waals surface area contributed by atoms with Gasteiger partial charge in [-0.25, -0.2) is 0 Å². The zero-order chi connectivity index (χ0) is 16.0. The van der Waals surface area contributed by atoms with Gasteiger partial charge in [-0.05, 0) is 29.8 Å². The van der Waals surface area contributed by atoms with Gasteiger partial charge in [-0.2, -0.15) is 0 Å². The summed E-state index contributed by atoms with van der Waals surface area (Å²) in [6.45, 7) is 0.846.